The molecule has 0 saturated heterocycles. The van der Waals surface area contributed by atoms with Crippen LogP contribution in [0.25, 0.3) is 0 Å². The van der Waals surface area contributed by atoms with Crippen LogP contribution in [0.3, 0.4) is 0 Å². The van der Waals surface area contributed by atoms with Crippen molar-refractivity contribution in [3.63, 3.8) is 0 Å². The molecular weight excluding hydrogens is 282 g/mol. The summed E-state index contributed by atoms with van der Waals surface area (Å²) in [4.78, 5) is 15.5. The van der Waals surface area contributed by atoms with E-state index < -0.39 is 16.8 Å². The number of aromatic nitrogens is 1. The average molecular weight is 295 g/mol. The largest absolute Gasteiger partial charge is 0.481 e. The summed E-state index contributed by atoms with van der Waals surface area (Å²) in [6.07, 6.45) is -0.0153. The Morgan fingerprint density at radius 1 is 1.37 bits per heavy atom. The van der Waals surface area contributed by atoms with E-state index in [1.165, 1.54) is 11.3 Å². The Morgan fingerprint density at radius 2 is 2.05 bits per heavy atom. The second kappa shape index (κ2) is 6.08. The molecule has 19 heavy (non-hydrogen) atoms. The highest BCUT2D eigenvalue weighted by molar-refractivity contribution is 7.84. The van der Waals surface area contributed by atoms with Crippen LogP contribution < -0.4 is 0 Å². The SMILES string of the molecule is Cc1csc(CS(=O)c2ccc(CC(=O)O)cc2)n1. The minimum absolute atomic E-state index is 0.0153. The first-order valence-electron chi connectivity index (χ1n) is 5.64. The van der Waals surface area contributed by atoms with E-state index in [9.17, 15) is 9.00 Å². The third-order valence-corrected chi connectivity index (χ3v) is 4.95. The van der Waals surface area contributed by atoms with Gasteiger partial charge in [0.1, 0.15) is 5.01 Å². The van der Waals surface area contributed by atoms with E-state index in [4.69, 9.17) is 5.11 Å². The Morgan fingerprint density at radius 3 is 2.58 bits per heavy atom. The van der Waals surface area contributed by atoms with Gasteiger partial charge in [0.15, 0.2) is 0 Å². The number of aliphatic carboxylic acids is 1. The van der Waals surface area contributed by atoms with Gasteiger partial charge < -0.3 is 5.11 Å². The number of rotatable bonds is 5. The average Bonchev–Trinajstić information content (AvgIpc) is 2.75. The molecule has 0 aliphatic rings. The predicted octanol–water partition coefficient (Wildman–Crippen LogP) is 2.39. The van der Waals surface area contributed by atoms with Crippen molar-refractivity contribution in [1.82, 2.24) is 4.98 Å². The Hall–Kier alpha value is -1.53. The Labute approximate surface area is 117 Å². The maximum atomic E-state index is 12.1. The number of carboxylic acid groups (broad SMARTS) is 1. The highest BCUT2D eigenvalue weighted by Crippen LogP contribution is 2.16. The second-order valence-electron chi connectivity index (χ2n) is 4.09. The number of thiazole rings is 1. The van der Waals surface area contributed by atoms with Crippen LogP contribution in [0.4, 0.5) is 0 Å². The van der Waals surface area contributed by atoms with Crippen LogP contribution in [-0.4, -0.2) is 20.3 Å². The Bertz CT molecular complexity index is 605. The molecule has 0 fully saturated rings. The van der Waals surface area contributed by atoms with Crippen LogP contribution in [0.5, 0.6) is 0 Å². The van der Waals surface area contributed by atoms with Gasteiger partial charge in [0.25, 0.3) is 0 Å². The fourth-order valence-corrected chi connectivity index (χ4v) is 3.64. The minimum atomic E-state index is -1.14. The van der Waals surface area contributed by atoms with Crippen molar-refractivity contribution in [2.75, 3.05) is 0 Å². The number of nitrogens with zero attached hydrogens (tertiary/aromatic N) is 1. The molecule has 1 aromatic carbocycles. The first kappa shape index (κ1) is 13.9. The molecule has 0 amide bonds. The molecule has 100 valence electrons. The quantitative estimate of drug-likeness (QED) is 0.919. The third-order valence-electron chi connectivity index (χ3n) is 2.46. The molecule has 0 aliphatic heterocycles. The van der Waals surface area contributed by atoms with Gasteiger partial charge in [-0.15, -0.1) is 11.3 Å². The fourth-order valence-electron chi connectivity index (χ4n) is 1.60. The number of carbonyl (C=O) groups is 1. The van der Waals surface area contributed by atoms with Crippen LogP contribution in [-0.2, 0) is 27.8 Å². The van der Waals surface area contributed by atoms with E-state index in [1.807, 2.05) is 12.3 Å². The molecule has 2 aromatic rings. The summed E-state index contributed by atoms with van der Waals surface area (Å²) in [5.74, 6) is -0.469. The lowest BCUT2D eigenvalue weighted by Crippen LogP contribution is -2.01. The molecule has 1 heterocycles. The topological polar surface area (TPSA) is 67.3 Å². The van der Waals surface area contributed by atoms with E-state index in [0.29, 0.717) is 16.2 Å². The van der Waals surface area contributed by atoms with Gasteiger partial charge in [-0.1, -0.05) is 12.1 Å². The summed E-state index contributed by atoms with van der Waals surface area (Å²) >= 11 is 1.50. The van der Waals surface area contributed by atoms with Crippen molar-refractivity contribution in [2.45, 2.75) is 24.0 Å². The van der Waals surface area contributed by atoms with Crippen LogP contribution in [0.15, 0.2) is 34.5 Å². The molecule has 1 N–H and O–H groups in total. The van der Waals surface area contributed by atoms with Crippen LogP contribution in [0.2, 0.25) is 0 Å². The van der Waals surface area contributed by atoms with Crippen molar-refractivity contribution >= 4 is 28.1 Å². The number of benzene rings is 1. The molecule has 4 nitrogen and oxygen atoms in total. The van der Waals surface area contributed by atoms with Gasteiger partial charge in [0, 0.05) is 16.0 Å². The minimum Gasteiger partial charge on any atom is -0.481 e. The van der Waals surface area contributed by atoms with Crippen molar-refractivity contribution in [1.29, 1.82) is 0 Å². The Balaban J connectivity index is 2.05. The van der Waals surface area contributed by atoms with Gasteiger partial charge in [0.2, 0.25) is 0 Å². The zero-order chi connectivity index (χ0) is 13.8. The van der Waals surface area contributed by atoms with Gasteiger partial charge in [-0.05, 0) is 24.6 Å². The Kier molecular flexibility index (Phi) is 4.44. The van der Waals surface area contributed by atoms with Crippen molar-refractivity contribution in [2.24, 2.45) is 0 Å². The number of carboxylic acids is 1. The van der Waals surface area contributed by atoms with Gasteiger partial charge in [-0.25, -0.2) is 4.98 Å². The normalized spacial score (nSPS) is 12.3. The monoisotopic (exact) mass is 295 g/mol. The molecule has 2 rings (SSSR count). The summed E-state index contributed by atoms with van der Waals surface area (Å²) < 4.78 is 12.1. The lowest BCUT2D eigenvalue weighted by molar-refractivity contribution is -0.136. The van der Waals surface area contributed by atoms with E-state index in [2.05, 4.69) is 4.98 Å². The molecule has 0 radical (unpaired) electrons. The molecule has 1 unspecified atom stereocenters. The summed E-state index contributed by atoms with van der Waals surface area (Å²) in [5, 5.41) is 11.5. The third kappa shape index (κ3) is 3.97. The first-order chi connectivity index (χ1) is 9.04. The molecule has 1 aromatic heterocycles. The smallest absolute Gasteiger partial charge is 0.307 e. The molecule has 0 spiro atoms. The first-order valence-corrected chi connectivity index (χ1v) is 7.84. The van der Waals surface area contributed by atoms with Gasteiger partial charge >= 0.3 is 5.97 Å². The van der Waals surface area contributed by atoms with Crippen molar-refractivity contribution < 1.29 is 14.1 Å². The lowest BCUT2D eigenvalue weighted by Gasteiger charge is -2.02. The summed E-state index contributed by atoms with van der Waals surface area (Å²) in [6.45, 7) is 1.91. The van der Waals surface area contributed by atoms with Crippen LogP contribution in [0.1, 0.15) is 16.3 Å². The van der Waals surface area contributed by atoms with E-state index in [-0.39, 0.29) is 6.42 Å². The zero-order valence-corrected chi connectivity index (χ0v) is 12.0. The van der Waals surface area contributed by atoms with E-state index in [1.54, 1.807) is 24.3 Å². The standard InChI is InChI=1S/C13H13NO3S2/c1-9-7-18-12(14-9)8-19(17)11-4-2-10(3-5-11)6-13(15)16/h2-5,7H,6,8H2,1H3,(H,15,16). The molecule has 0 bridgehead atoms. The van der Waals surface area contributed by atoms with Gasteiger partial charge in [-0.2, -0.15) is 0 Å². The van der Waals surface area contributed by atoms with Gasteiger partial charge in [0.05, 0.1) is 23.0 Å². The summed E-state index contributed by atoms with van der Waals surface area (Å²) in [7, 11) is -1.14. The molecule has 1 atom stereocenters. The molecular formula is C13H13NO3S2. The van der Waals surface area contributed by atoms with E-state index in [0.717, 1.165) is 10.7 Å². The van der Waals surface area contributed by atoms with E-state index >= 15 is 0 Å². The highest BCUT2D eigenvalue weighted by Gasteiger charge is 2.08. The molecule has 6 heteroatoms. The number of hydrogen-bond acceptors (Lipinski definition) is 4. The van der Waals surface area contributed by atoms with Crippen molar-refractivity contribution in [3.05, 3.63) is 45.9 Å². The number of aryl methyl sites for hydroxylation is 1. The van der Waals surface area contributed by atoms with Crippen LogP contribution >= 0.6 is 11.3 Å². The zero-order valence-electron chi connectivity index (χ0n) is 10.3. The summed E-state index contributed by atoms with van der Waals surface area (Å²) in [5.41, 5.74) is 1.65. The maximum absolute atomic E-state index is 12.1. The fraction of sp³-hybridized carbons (Fsp3) is 0.231. The molecule has 0 saturated carbocycles. The summed E-state index contributed by atoms with van der Waals surface area (Å²) in [6, 6.07) is 6.84. The second-order valence-corrected chi connectivity index (χ2v) is 6.48. The van der Waals surface area contributed by atoms with Gasteiger partial charge in [-0.3, -0.25) is 9.00 Å². The van der Waals surface area contributed by atoms with Crippen LogP contribution in [0, 0.1) is 6.92 Å². The predicted molar refractivity (Wildman–Crippen MR) is 74.7 cm³/mol. The lowest BCUT2D eigenvalue weighted by atomic mass is 10.2. The highest BCUT2D eigenvalue weighted by atomic mass is 32.2. The maximum Gasteiger partial charge on any atom is 0.307 e. The van der Waals surface area contributed by atoms with Crippen molar-refractivity contribution in [3.8, 4) is 0 Å². The molecule has 0 aliphatic carbocycles. The number of hydrogen-bond donors (Lipinski definition) is 1.